The number of nitrogens with zero attached hydrogens (tertiary/aromatic N) is 2. The number of hydroxylamine groups is 2. The summed E-state index contributed by atoms with van der Waals surface area (Å²) in [6, 6.07) is -2.12. The predicted octanol–water partition coefficient (Wildman–Crippen LogP) is 2.07. The highest BCUT2D eigenvalue weighted by atomic mass is 32.3. The van der Waals surface area contributed by atoms with Gasteiger partial charge in [0.05, 0.1) is 11.5 Å². The number of hydrogen-bond acceptors (Lipinski definition) is 8. The number of esters is 1. The van der Waals surface area contributed by atoms with Crippen molar-refractivity contribution in [3.63, 3.8) is 0 Å². The lowest BCUT2D eigenvalue weighted by Crippen LogP contribution is -2.52. The predicted molar refractivity (Wildman–Crippen MR) is 121 cm³/mol. The minimum Gasteiger partial charge on any atom is -0.433 e. The van der Waals surface area contributed by atoms with Crippen LogP contribution in [-0.4, -0.2) is 61.2 Å². The van der Waals surface area contributed by atoms with Crippen molar-refractivity contribution in [3.05, 3.63) is 0 Å². The topological polar surface area (TPSA) is 146 Å². The van der Waals surface area contributed by atoms with E-state index < -0.39 is 57.5 Å². The first kappa shape index (κ1) is 24.8. The van der Waals surface area contributed by atoms with Crippen molar-refractivity contribution in [2.45, 2.75) is 90.5 Å². The van der Waals surface area contributed by atoms with Gasteiger partial charge in [-0.1, -0.05) is 20.8 Å². The van der Waals surface area contributed by atoms with Crippen molar-refractivity contribution < 1.29 is 36.0 Å². The number of rotatable bonds is 7. The summed E-state index contributed by atoms with van der Waals surface area (Å²) in [6.45, 7) is 5.25. The molecule has 0 spiro atoms. The highest BCUT2D eigenvalue weighted by molar-refractivity contribution is 7.81. The van der Waals surface area contributed by atoms with Crippen LogP contribution >= 0.6 is 0 Å². The van der Waals surface area contributed by atoms with Crippen molar-refractivity contribution >= 4 is 28.3 Å². The molecule has 35 heavy (non-hydrogen) atoms. The number of urea groups is 1. The molecule has 3 amide bonds. The first-order valence-electron chi connectivity index (χ1n) is 12.5. The summed E-state index contributed by atoms with van der Waals surface area (Å²) in [4.78, 5) is 39.0. The summed E-state index contributed by atoms with van der Waals surface area (Å²) in [6.07, 6.45) is 5.06. The van der Waals surface area contributed by atoms with Gasteiger partial charge in [-0.3, -0.25) is 9.59 Å². The zero-order valence-electron chi connectivity index (χ0n) is 20.5. The Hall–Kier alpha value is -1.92. The average Bonchev–Trinajstić information content (AvgIpc) is 2.95. The zero-order valence-corrected chi connectivity index (χ0v) is 21.3. The number of carbonyl (C=O) groups excluding carboxylic acids is 3. The fourth-order valence-electron chi connectivity index (χ4n) is 7.17. The standard InChI is InChI=1S/C23H35N3O8S/c1-22(2,3)20(32-19(28)23-9-13-6-14(10-23)8-15(7-13)11-23)33-35(30,31)34-26-16-4-5-17(18(24)27)25(12-16)21(26)29/h13-17,20H,4-12H2,1-3H3,(H2,24,27)/t13?,14?,15?,16-,17+,20?,23?/m1/s1. The highest BCUT2D eigenvalue weighted by Gasteiger charge is 2.57. The van der Waals surface area contributed by atoms with Gasteiger partial charge in [-0.15, -0.1) is 4.28 Å². The minimum absolute atomic E-state index is 0.131. The summed E-state index contributed by atoms with van der Waals surface area (Å²) < 4.78 is 41.9. The molecule has 2 heterocycles. The Balaban J connectivity index is 1.28. The van der Waals surface area contributed by atoms with E-state index in [9.17, 15) is 22.8 Å². The molecule has 2 N–H and O–H groups in total. The molecule has 12 heteroatoms. The lowest BCUT2D eigenvalue weighted by atomic mass is 9.49. The van der Waals surface area contributed by atoms with Crippen molar-refractivity contribution in [2.75, 3.05) is 6.54 Å². The molecule has 4 saturated carbocycles. The van der Waals surface area contributed by atoms with E-state index in [0.29, 0.717) is 30.6 Å². The smallest absolute Gasteiger partial charge is 0.424 e. The van der Waals surface area contributed by atoms with Gasteiger partial charge >= 0.3 is 22.4 Å². The Morgan fingerprint density at radius 1 is 1.06 bits per heavy atom. The van der Waals surface area contributed by atoms with Crippen LogP contribution in [0.2, 0.25) is 0 Å². The van der Waals surface area contributed by atoms with Crippen LogP contribution in [0, 0.1) is 28.6 Å². The van der Waals surface area contributed by atoms with Gasteiger partial charge in [0.25, 0.3) is 0 Å². The molecule has 196 valence electrons. The number of ether oxygens (including phenoxy) is 1. The second-order valence-corrected chi connectivity index (χ2v) is 13.4. The molecule has 0 aromatic heterocycles. The Morgan fingerprint density at radius 2 is 1.63 bits per heavy atom. The Morgan fingerprint density at radius 3 is 2.14 bits per heavy atom. The maximum atomic E-state index is 13.4. The van der Waals surface area contributed by atoms with Gasteiger partial charge in [0.1, 0.15) is 6.04 Å². The largest absolute Gasteiger partial charge is 0.433 e. The van der Waals surface area contributed by atoms with Crippen molar-refractivity contribution in [2.24, 2.45) is 34.3 Å². The Kier molecular flexibility index (Phi) is 5.88. The minimum atomic E-state index is -4.77. The Bertz CT molecular complexity index is 987. The third-order valence-electron chi connectivity index (χ3n) is 8.42. The summed E-state index contributed by atoms with van der Waals surface area (Å²) in [5.74, 6) is 0.510. The lowest BCUT2D eigenvalue weighted by Gasteiger charge is -2.55. The molecule has 0 aromatic carbocycles. The molecule has 6 fully saturated rings. The maximum Gasteiger partial charge on any atom is 0.424 e. The van der Waals surface area contributed by atoms with Crippen LogP contribution in [0.3, 0.4) is 0 Å². The molecule has 3 atom stereocenters. The van der Waals surface area contributed by atoms with Crippen LogP contribution < -0.4 is 5.73 Å². The fourth-order valence-corrected chi connectivity index (χ4v) is 8.13. The molecular weight excluding hydrogens is 478 g/mol. The van der Waals surface area contributed by atoms with Crippen LogP contribution in [-0.2, 0) is 33.2 Å². The lowest BCUT2D eigenvalue weighted by molar-refractivity contribution is -0.205. The average molecular weight is 514 g/mol. The number of amides is 3. The quantitative estimate of drug-likeness (QED) is 0.402. The van der Waals surface area contributed by atoms with Gasteiger partial charge in [-0.25, -0.2) is 8.98 Å². The molecule has 1 unspecified atom stereocenters. The normalized spacial score (nSPS) is 37.0. The monoisotopic (exact) mass is 513 g/mol. The highest BCUT2D eigenvalue weighted by Crippen LogP contribution is 2.60. The van der Waals surface area contributed by atoms with E-state index >= 15 is 0 Å². The molecule has 2 aliphatic heterocycles. The van der Waals surface area contributed by atoms with Crippen molar-refractivity contribution in [3.8, 4) is 0 Å². The third kappa shape index (κ3) is 4.53. The van der Waals surface area contributed by atoms with E-state index in [1.807, 2.05) is 0 Å². The molecule has 0 radical (unpaired) electrons. The number of hydrogen-bond donors (Lipinski definition) is 1. The molecule has 11 nitrogen and oxygen atoms in total. The van der Waals surface area contributed by atoms with E-state index in [4.69, 9.17) is 18.9 Å². The number of carbonyl (C=O) groups is 3. The zero-order chi connectivity index (χ0) is 25.3. The second kappa shape index (κ2) is 8.31. The first-order valence-corrected chi connectivity index (χ1v) is 13.8. The molecule has 6 rings (SSSR count). The van der Waals surface area contributed by atoms with Gasteiger partial charge in [0.15, 0.2) is 0 Å². The van der Waals surface area contributed by atoms with Crippen LogP contribution in [0.25, 0.3) is 0 Å². The summed E-state index contributed by atoms with van der Waals surface area (Å²) in [5, 5.41) is 0.721. The summed E-state index contributed by atoms with van der Waals surface area (Å²) in [5.41, 5.74) is 3.92. The molecule has 6 bridgehead atoms. The van der Waals surface area contributed by atoms with Crippen LogP contribution in [0.1, 0.15) is 72.1 Å². The number of primary amides is 1. The number of piperidine rings is 1. The van der Waals surface area contributed by atoms with Crippen LogP contribution in [0.5, 0.6) is 0 Å². The third-order valence-corrected chi connectivity index (χ3v) is 9.17. The summed E-state index contributed by atoms with van der Waals surface area (Å²) >= 11 is 0. The van der Waals surface area contributed by atoms with Crippen LogP contribution in [0.4, 0.5) is 4.79 Å². The molecule has 2 saturated heterocycles. The van der Waals surface area contributed by atoms with Crippen molar-refractivity contribution in [1.29, 1.82) is 0 Å². The van der Waals surface area contributed by atoms with Crippen LogP contribution in [0.15, 0.2) is 0 Å². The van der Waals surface area contributed by atoms with E-state index in [1.54, 1.807) is 20.8 Å². The van der Waals surface area contributed by atoms with E-state index in [0.717, 1.165) is 43.6 Å². The summed E-state index contributed by atoms with van der Waals surface area (Å²) in [7, 11) is -4.77. The van der Waals surface area contributed by atoms with Gasteiger partial charge < -0.3 is 15.4 Å². The number of fused-ring (bicyclic) bond motifs is 2. The first-order chi connectivity index (χ1) is 16.3. The van der Waals surface area contributed by atoms with E-state index in [1.165, 1.54) is 4.90 Å². The molecule has 6 aliphatic rings. The van der Waals surface area contributed by atoms with Gasteiger partial charge in [-0.05, 0) is 69.1 Å². The fraction of sp³-hybridized carbons (Fsp3) is 0.870. The van der Waals surface area contributed by atoms with E-state index in [2.05, 4.69) is 0 Å². The molecular formula is C23H35N3O8S. The van der Waals surface area contributed by atoms with Crippen molar-refractivity contribution in [1.82, 2.24) is 9.96 Å². The molecule has 0 aromatic rings. The van der Waals surface area contributed by atoms with Gasteiger partial charge in [0.2, 0.25) is 12.2 Å². The maximum absolute atomic E-state index is 13.4. The second-order valence-electron chi connectivity index (χ2n) is 12.3. The SMILES string of the molecule is CC(C)(C)C(OC(=O)C12CC3CC(CC(C3)C1)C2)OS(=O)(=O)ON1C(=O)N2C[C@H]1CC[C@H]2C(N)=O. The van der Waals surface area contributed by atoms with E-state index in [-0.39, 0.29) is 6.54 Å². The number of nitrogens with two attached hydrogens (primary N) is 1. The van der Waals surface area contributed by atoms with Gasteiger partial charge in [-0.2, -0.15) is 13.5 Å². The molecule has 4 aliphatic carbocycles. The Labute approximate surface area is 205 Å². The van der Waals surface area contributed by atoms with Gasteiger partial charge in [0, 0.05) is 12.0 Å².